The third-order valence-corrected chi connectivity index (χ3v) is 7.71. The number of nitrogens with one attached hydrogen (secondary N) is 1. The van der Waals surface area contributed by atoms with E-state index in [1.54, 1.807) is 0 Å². The minimum absolute atomic E-state index is 0.225. The van der Waals surface area contributed by atoms with Gasteiger partial charge in [-0.1, -0.05) is 49.4 Å². The van der Waals surface area contributed by atoms with Gasteiger partial charge in [0.25, 0.3) is 0 Å². The molecule has 3 N–H and O–H groups in total. The molecule has 1 heterocycles. The molecule has 0 amide bonds. The molecule has 0 fully saturated rings. The predicted octanol–water partition coefficient (Wildman–Crippen LogP) is 7.26. The minimum atomic E-state index is 0.225. The van der Waals surface area contributed by atoms with Crippen molar-refractivity contribution in [1.82, 2.24) is 9.88 Å². The maximum absolute atomic E-state index is 6.50. The monoisotopic (exact) mass is 480 g/mol. The van der Waals surface area contributed by atoms with Crippen LogP contribution >= 0.6 is 0 Å². The van der Waals surface area contributed by atoms with Gasteiger partial charge < -0.3 is 11.1 Å². The summed E-state index contributed by atoms with van der Waals surface area (Å²) < 4.78 is 0. The Balaban J connectivity index is 1.71. The Morgan fingerprint density at radius 2 is 2.08 bits per heavy atom. The number of rotatable bonds is 10. The molecule has 0 aliphatic heterocycles. The van der Waals surface area contributed by atoms with Crippen LogP contribution in [0.3, 0.4) is 0 Å². The molecule has 4 rings (SSSR count). The highest BCUT2D eigenvalue weighted by molar-refractivity contribution is 5.72. The second kappa shape index (κ2) is 11.1. The van der Waals surface area contributed by atoms with Gasteiger partial charge in [0.1, 0.15) is 0 Å². The molecular formula is C32H40N4. The molecule has 2 atom stereocenters. The number of pyridine rings is 1. The number of nitrogens with two attached hydrogens (primary N) is 1. The fraction of sp³-hybridized carbons (Fsp3) is 0.344. The highest BCUT2D eigenvalue weighted by Gasteiger charge is 2.29. The van der Waals surface area contributed by atoms with Crippen LogP contribution in [0, 0.1) is 6.92 Å². The highest BCUT2D eigenvalue weighted by atomic mass is 15.2. The predicted molar refractivity (Wildman–Crippen MR) is 154 cm³/mol. The van der Waals surface area contributed by atoms with Gasteiger partial charge in [0.2, 0.25) is 0 Å². The molecule has 4 nitrogen and oxygen atoms in total. The van der Waals surface area contributed by atoms with Gasteiger partial charge in [-0.2, -0.15) is 0 Å². The molecule has 0 saturated carbocycles. The zero-order valence-electron chi connectivity index (χ0n) is 22.3. The van der Waals surface area contributed by atoms with E-state index in [2.05, 4.69) is 85.5 Å². The lowest BCUT2D eigenvalue weighted by molar-refractivity contribution is 0.198. The molecule has 1 aromatic heterocycles. The summed E-state index contributed by atoms with van der Waals surface area (Å²) in [6.07, 6.45) is 6.86. The molecule has 0 spiro atoms. The van der Waals surface area contributed by atoms with Crippen molar-refractivity contribution < 1.29 is 0 Å². The SMILES string of the molecule is C=Cc1ncccc1CN(CC)C1CCc2ccc(C(CC(=C)C)c3ccc(NC)c(N)c3C)cc21. The fourth-order valence-electron chi connectivity index (χ4n) is 5.72. The first-order valence-electron chi connectivity index (χ1n) is 13.0. The van der Waals surface area contributed by atoms with Crippen LogP contribution in [0.1, 0.15) is 77.7 Å². The number of fused-ring (bicyclic) bond motifs is 1. The zero-order chi connectivity index (χ0) is 25.8. The van der Waals surface area contributed by atoms with Crippen molar-refractivity contribution in [2.24, 2.45) is 0 Å². The lowest BCUT2D eigenvalue weighted by Gasteiger charge is -2.30. The number of benzene rings is 2. The Morgan fingerprint density at radius 1 is 1.28 bits per heavy atom. The van der Waals surface area contributed by atoms with Gasteiger partial charge in [0, 0.05) is 31.7 Å². The summed E-state index contributed by atoms with van der Waals surface area (Å²) in [5.74, 6) is 0.225. The van der Waals surface area contributed by atoms with Crippen LogP contribution in [0.25, 0.3) is 6.08 Å². The topological polar surface area (TPSA) is 54.2 Å². The molecule has 1 aliphatic carbocycles. The van der Waals surface area contributed by atoms with Gasteiger partial charge in [0.15, 0.2) is 0 Å². The van der Waals surface area contributed by atoms with Crippen molar-refractivity contribution in [3.63, 3.8) is 0 Å². The maximum atomic E-state index is 6.50. The molecule has 0 radical (unpaired) electrons. The van der Waals surface area contributed by atoms with Crippen molar-refractivity contribution in [2.75, 3.05) is 24.6 Å². The van der Waals surface area contributed by atoms with E-state index in [1.165, 1.54) is 33.4 Å². The Hall–Kier alpha value is -3.37. The molecule has 1 aliphatic rings. The van der Waals surface area contributed by atoms with Crippen LogP contribution in [0.15, 0.2) is 67.4 Å². The van der Waals surface area contributed by atoms with E-state index < -0.39 is 0 Å². The van der Waals surface area contributed by atoms with Crippen LogP contribution in [0.2, 0.25) is 0 Å². The minimum Gasteiger partial charge on any atom is -0.397 e. The van der Waals surface area contributed by atoms with Gasteiger partial charge in [0.05, 0.1) is 17.1 Å². The smallest absolute Gasteiger partial charge is 0.0668 e. The number of hydrogen-bond donors (Lipinski definition) is 2. The van der Waals surface area contributed by atoms with Gasteiger partial charge in [-0.15, -0.1) is 6.58 Å². The van der Waals surface area contributed by atoms with E-state index in [4.69, 9.17) is 5.73 Å². The summed E-state index contributed by atoms with van der Waals surface area (Å²) in [6.45, 7) is 16.6. The maximum Gasteiger partial charge on any atom is 0.0668 e. The average Bonchev–Trinajstić information content (AvgIpc) is 3.31. The van der Waals surface area contributed by atoms with Crippen molar-refractivity contribution >= 4 is 17.5 Å². The van der Waals surface area contributed by atoms with Crippen molar-refractivity contribution in [2.45, 2.75) is 58.5 Å². The van der Waals surface area contributed by atoms with Crippen molar-refractivity contribution in [3.8, 4) is 0 Å². The van der Waals surface area contributed by atoms with Crippen LogP contribution in [0.4, 0.5) is 11.4 Å². The Morgan fingerprint density at radius 3 is 2.78 bits per heavy atom. The first-order chi connectivity index (χ1) is 17.4. The van der Waals surface area contributed by atoms with E-state index >= 15 is 0 Å². The number of anilines is 2. The van der Waals surface area contributed by atoms with Gasteiger partial charge in [-0.25, -0.2) is 0 Å². The second-order valence-corrected chi connectivity index (χ2v) is 10.0. The lowest BCUT2D eigenvalue weighted by atomic mass is 9.82. The Labute approximate surface area is 217 Å². The summed E-state index contributed by atoms with van der Waals surface area (Å²) in [4.78, 5) is 7.10. The van der Waals surface area contributed by atoms with E-state index in [0.29, 0.717) is 6.04 Å². The van der Waals surface area contributed by atoms with E-state index in [0.717, 1.165) is 55.0 Å². The van der Waals surface area contributed by atoms with Crippen LogP contribution in [-0.4, -0.2) is 23.5 Å². The number of hydrogen-bond acceptors (Lipinski definition) is 4. The molecule has 2 aromatic carbocycles. The summed E-state index contributed by atoms with van der Waals surface area (Å²) in [5, 5.41) is 3.21. The molecular weight excluding hydrogens is 440 g/mol. The van der Waals surface area contributed by atoms with Gasteiger partial charge in [-0.05, 0) is 91.2 Å². The first-order valence-corrected chi connectivity index (χ1v) is 13.0. The molecule has 188 valence electrons. The number of nitrogen functional groups attached to an aromatic ring is 1. The van der Waals surface area contributed by atoms with E-state index in [-0.39, 0.29) is 5.92 Å². The first kappa shape index (κ1) is 25.7. The summed E-state index contributed by atoms with van der Waals surface area (Å²) in [5.41, 5.74) is 18.4. The van der Waals surface area contributed by atoms with Crippen LogP contribution in [-0.2, 0) is 13.0 Å². The summed E-state index contributed by atoms with van der Waals surface area (Å²) >= 11 is 0. The lowest BCUT2D eigenvalue weighted by Crippen LogP contribution is -2.27. The van der Waals surface area contributed by atoms with E-state index in [1.807, 2.05) is 25.4 Å². The van der Waals surface area contributed by atoms with E-state index in [9.17, 15) is 0 Å². The Bertz CT molecular complexity index is 1260. The van der Waals surface area contributed by atoms with Gasteiger partial charge in [-0.3, -0.25) is 9.88 Å². The average molecular weight is 481 g/mol. The molecule has 0 saturated heterocycles. The third kappa shape index (κ3) is 5.10. The van der Waals surface area contributed by atoms with Crippen LogP contribution in [0.5, 0.6) is 0 Å². The molecule has 3 aromatic rings. The number of nitrogens with zero attached hydrogens (tertiary/aromatic N) is 2. The molecule has 2 unspecified atom stereocenters. The second-order valence-electron chi connectivity index (χ2n) is 10.0. The number of aryl methyl sites for hydroxylation is 1. The standard InChI is InChI=1S/C32H40N4/c1-7-29-25(10-9-17-35-29)20-36(8-2)31-16-13-23-11-12-24(19-28(23)31)27(18-21(3)4)26-14-15-30(34-6)32(33)22(26)5/h7,9-12,14-15,17,19,27,31,34H,1,3,8,13,16,18,20,33H2,2,4-6H3. The summed E-state index contributed by atoms with van der Waals surface area (Å²) in [7, 11) is 1.92. The molecule has 36 heavy (non-hydrogen) atoms. The largest absolute Gasteiger partial charge is 0.397 e. The van der Waals surface area contributed by atoms with Crippen molar-refractivity contribution in [1.29, 1.82) is 0 Å². The Kier molecular flexibility index (Phi) is 7.95. The zero-order valence-corrected chi connectivity index (χ0v) is 22.3. The fourth-order valence-corrected chi connectivity index (χ4v) is 5.72. The quantitative estimate of drug-likeness (QED) is 0.237. The number of allylic oxidation sites excluding steroid dienone is 1. The normalized spacial score (nSPS) is 15.5. The van der Waals surface area contributed by atoms with Gasteiger partial charge >= 0.3 is 0 Å². The number of aromatic nitrogens is 1. The highest BCUT2D eigenvalue weighted by Crippen LogP contribution is 2.42. The van der Waals surface area contributed by atoms with Crippen molar-refractivity contribution in [3.05, 3.63) is 106 Å². The molecule has 0 bridgehead atoms. The molecule has 4 heteroatoms. The summed E-state index contributed by atoms with van der Waals surface area (Å²) in [6, 6.07) is 16.1. The third-order valence-electron chi connectivity index (χ3n) is 7.71. The van der Waals surface area contributed by atoms with Crippen LogP contribution < -0.4 is 11.1 Å².